The van der Waals surface area contributed by atoms with Crippen molar-refractivity contribution < 1.29 is 19.4 Å². The summed E-state index contributed by atoms with van der Waals surface area (Å²) in [5.74, 6) is 1.44. The van der Waals surface area contributed by atoms with E-state index >= 15 is 0 Å². The van der Waals surface area contributed by atoms with Crippen molar-refractivity contribution in [2.45, 2.75) is 31.9 Å². The minimum absolute atomic E-state index is 0.121. The first-order valence-electron chi connectivity index (χ1n) is 5.28. The Morgan fingerprint density at radius 1 is 1.53 bits per heavy atom. The molecule has 6 nitrogen and oxygen atoms in total. The molecule has 0 saturated carbocycles. The zero-order valence-electron chi connectivity index (χ0n) is 10.0. The van der Waals surface area contributed by atoms with Crippen molar-refractivity contribution in [3.8, 4) is 12.3 Å². The van der Waals surface area contributed by atoms with Crippen LogP contribution in [-0.2, 0) is 9.53 Å². The van der Waals surface area contributed by atoms with Gasteiger partial charge >= 0.3 is 12.0 Å². The maximum absolute atomic E-state index is 11.4. The number of carbonyl (C=O) groups excluding carboxylic acids is 1. The maximum Gasteiger partial charge on any atom is 0.315 e. The number of hydrogen-bond acceptors (Lipinski definition) is 3. The lowest BCUT2D eigenvalue weighted by Gasteiger charge is -2.16. The summed E-state index contributed by atoms with van der Waals surface area (Å²) in [4.78, 5) is 21.8. The van der Waals surface area contributed by atoms with Gasteiger partial charge in [0, 0.05) is 13.7 Å². The predicted octanol–water partition coefficient (Wildman–Crippen LogP) is 0.187. The SMILES string of the molecule is C#CC(CC)NC(=O)NCC(CC(=O)O)OC. The standard InChI is InChI=1S/C11H18N2O4/c1-4-8(5-2)13-11(16)12-7-9(17-3)6-10(14)15/h1,8-9H,5-7H2,2-3H3,(H,14,15)(H2,12,13,16). The second kappa shape index (κ2) is 8.42. The zero-order valence-corrected chi connectivity index (χ0v) is 10.0. The molecule has 0 fully saturated rings. The lowest BCUT2D eigenvalue weighted by molar-refractivity contribution is -0.139. The van der Waals surface area contributed by atoms with Crippen LogP contribution in [0.25, 0.3) is 0 Å². The Morgan fingerprint density at radius 3 is 2.59 bits per heavy atom. The molecule has 0 saturated heterocycles. The van der Waals surface area contributed by atoms with Gasteiger partial charge in [0.2, 0.25) is 0 Å². The van der Waals surface area contributed by atoms with Crippen LogP contribution >= 0.6 is 0 Å². The Hall–Kier alpha value is -1.74. The van der Waals surface area contributed by atoms with Gasteiger partial charge in [-0.2, -0.15) is 0 Å². The van der Waals surface area contributed by atoms with Gasteiger partial charge in [0.15, 0.2) is 0 Å². The molecule has 0 radical (unpaired) electrons. The molecule has 0 bridgehead atoms. The number of aliphatic carboxylic acids is 1. The molecule has 6 heteroatoms. The van der Waals surface area contributed by atoms with Gasteiger partial charge in [-0.25, -0.2) is 4.79 Å². The fourth-order valence-electron chi connectivity index (χ4n) is 1.11. The predicted molar refractivity (Wildman–Crippen MR) is 62.5 cm³/mol. The second-order valence-corrected chi connectivity index (χ2v) is 3.44. The number of ether oxygens (including phenoxy) is 1. The van der Waals surface area contributed by atoms with Crippen molar-refractivity contribution in [3.63, 3.8) is 0 Å². The number of terminal acetylenes is 1. The normalized spacial score (nSPS) is 13.2. The van der Waals surface area contributed by atoms with Crippen LogP contribution in [0.4, 0.5) is 4.79 Å². The smallest absolute Gasteiger partial charge is 0.315 e. The van der Waals surface area contributed by atoms with Crippen molar-refractivity contribution in [3.05, 3.63) is 0 Å². The number of carboxylic acids is 1. The van der Waals surface area contributed by atoms with Gasteiger partial charge < -0.3 is 20.5 Å². The van der Waals surface area contributed by atoms with Crippen LogP contribution in [0.15, 0.2) is 0 Å². The number of urea groups is 1. The Kier molecular flexibility index (Phi) is 7.55. The van der Waals surface area contributed by atoms with E-state index in [1.54, 1.807) is 0 Å². The third-order valence-corrected chi connectivity index (χ3v) is 2.14. The van der Waals surface area contributed by atoms with E-state index in [0.29, 0.717) is 6.42 Å². The third-order valence-electron chi connectivity index (χ3n) is 2.14. The average Bonchev–Trinajstić information content (AvgIpc) is 2.30. The van der Waals surface area contributed by atoms with Gasteiger partial charge in [-0.05, 0) is 6.42 Å². The summed E-state index contributed by atoms with van der Waals surface area (Å²) in [6.45, 7) is 1.98. The molecule has 2 unspecified atom stereocenters. The van der Waals surface area contributed by atoms with E-state index in [-0.39, 0.29) is 19.0 Å². The topological polar surface area (TPSA) is 87.7 Å². The number of methoxy groups -OCH3 is 1. The lowest BCUT2D eigenvalue weighted by atomic mass is 10.2. The summed E-state index contributed by atoms with van der Waals surface area (Å²) in [5.41, 5.74) is 0. The van der Waals surface area contributed by atoms with Gasteiger partial charge in [0.05, 0.1) is 18.6 Å². The molecule has 96 valence electrons. The van der Waals surface area contributed by atoms with Crippen LogP contribution in [0.3, 0.4) is 0 Å². The van der Waals surface area contributed by atoms with Gasteiger partial charge in [0.1, 0.15) is 0 Å². The highest BCUT2D eigenvalue weighted by Gasteiger charge is 2.14. The van der Waals surface area contributed by atoms with E-state index in [2.05, 4.69) is 16.6 Å². The van der Waals surface area contributed by atoms with E-state index in [1.165, 1.54) is 7.11 Å². The Labute approximate surface area is 101 Å². The van der Waals surface area contributed by atoms with E-state index in [9.17, 15) is 9.59 Å². The highest BCUT2D eigenvalue weighted by Crippen LogP contribution is 1.95. The van der Waals surface area contributed by atoms with Crippen LogP contribution in [0.5, 0.6) is 0 Å². The van der Waals surface area contributed by atoms with Crippen molar-refractivity contribution in [1.82, 2.24) is 10.6 Å². The summed E-state index contributed by atoms with van der Waals surface area (Å²) in [6, 6.07) is -0.752. The highest BCUT2D eigenvalue weighted by molar-refractivity contribution is 5.74. The maximum atomic E-state index is 11.4. The minimum Gasteiger partial charge on any atom is -0.481 e. The molecule has 17 heavy (non-hydrogen) atoms. The molecule has 2 atom stereocenters. The highest BCUT2D eigenvalue weighted by atomic mass is 16.5. The first kappa shape index (κ1) is 15.3. The van der Waals surface area contributed by atoms with Gasteiger partial charge in [-0.1, -0.05) is 12.8 Å². The van der Waals surface area contributed by atoms with Crippen molar-refractivity contribution in [2.24, 2.45) is 0 Å². The molecule has 0 aliphatic carbocycles. The Bertz CT molecular complexity index is 298. The summed E-state index contributed by atoms with van der Waals surface area (Å²) in [5, 5.41) is 13.6. The van der Waals surface area contributed by atoms with E-state index in [4.69, 9.17) is 16.3 Å². The van der Waals surface area contributed by atoms with Crippen LogP contribution in [0.1, 0.15) is 19.8 Å². The summed E-state index contributed by atoms with van der Waals surface area (Å²) >= 11 is 0. The second-order valence-electron chi connectivity index (χ2n) is 3.44. The van der Waals surface area contributed by atoms with Crippen LogP contribution in [-0.4, -0.2) is 42.9 Å². The molecule has 0 heterocycles. The average molecular weight is 242 g/mol. The number of amides is 2. The molecule has 0 aliphatic heterocycles. The molecular weight excluding hydrogens is 224 g/mol. The van der Waals surface area contributed by atoms with E-state index in [0.717, 1.165) is 0 Å². The monoisotopic (exact) mass is 242 g/mol. The number of carboxylic acid groups (broad SMARTS) is 1. The van der Waals surface area contributed by atoms with Crippen molar-refractivity contribution in [1.29, 1.82) is 0 Å². The van der Waals surface area contributed by atoms with Gasteiger partial charge in [0.25, 0.3) is 0 Å². The fraction of sp³-hybridized carbons (Fsp3) is 0.636. The fourth-order valence-corrected chi connectivity index (χ4v) is 1.11. The quantitative estimate of drug-likeness (QED) is 0.556. The molecule has 0 spiro atoms. The van der Waals surface area contributed by atoms with Crippen molar-refractivity contribution in [2.75, 3.05) is 13.7 Å². The van der Waals surface area contributed by atoms with E-state index < -0.39 is 18.1 Å². The molecule has 2 amide bonds. The molecular formula is C11H18N2O4. The largest absolute Gasteiger partial charge is 0.481 e. The minimum atomic E-state index is -0.978. The third kappa shape index (κ3) is 7.19. The number of rotatable bonds is 7. The van der Waals surface area contributed by atoms with Gasteiger partial charge in [-0.3, -0.25) is 4.79 Å². The first-order chi connectivity index (χ1) is 8.03. The van der Waals surface area contributed by atoms with Crippen LogP contribution in [0, 0.1) is 12.3 Å². The Balaban J connectivity index is 3.97. The number of nitrogens with one attached hydrogen (secondary N) is 2. The van der Waals surface area contributed by atoms with Gasteiger partial charge in [-0.15, -0.1) is 6.42 Å². The molecule has 0 rings (SSSR count). The molecule has 0 aromatic rings. The van der Waals surface area contributed by atoms with Crippen LogP contribution in [0.2, 0.25) is 0 Å². The Morgan fingerprint density at radius 2 is 2.18 bits per heavy atom. The first-order valence-corrected chi connectivity index (χ1v) is 5.28. The molecule has 3 N–H and O–H groups in total. The zero-order chi connectivity index (χ0) is 13.3. The van der Waals surface area contributed by atoms with E-state index in [1.807, 2.05) is 6.92 Å². The lowest BCUT2D eigenvalue weighted by Crippen LogP contribution is -2.44. The molecule has 0 aliphatic rings. The van der Waals surface area contributed by atoms with Crippen LogP contribution < -0.4 is 10.6 Å². The van der Waals surface area contributed by atoms with Crippen molar-refractivity contribution >= 4 is 12.0 Å². The summed E-state index contributed by atoms with van der Waals surface area (Å²) in [6.07, 6.45) is 5.10. The number of carbonyl (C=O) groups is 2. The summed E-state index contributed by atoms with van der Waals surface area (Å²) < 4.78 is 4.91. The molecule has 0 aromatic heterocycles. The molecule has 0 aromatic carbocycles. The number of hydrogen-bond donors (Lipinski definition) is 3. The summed E-state index contributed by atoms with van der Waals surface area (Å²) in [7, 11) is 1.39.